The van der Waals surface area contributed by atoms with Gasteiger partial charge in [0.15, 0.2) is 5.82 Å². The Morgan fingerprint density at radius 2 is 1.93 bits per heavy atom. The number of hydrogen-bond donors (Lipinski definition) is 2. The summed E-state index contributed by atoms with van der Waals surface area (Å²) in [4.78, 5) is 3.24. The van der Waals surface area contributed by atoms with Crippen LogP contribution in [0, 0.1) is 0 Å². The first-order valence-electron chi connectivity index (χ1n) is 4.43. The van der Waals surface area contributed by atoms with Gasteiger partial charge in [-0.1, -0.05) is 0 Å². The summed E-state index contributed by atoms with van der Waals surface area (Å²) in [5, 5.41) is 29.0. The standard InChI is InChI=1S/C7H15N5O2/c1-11-9-7(8-10-11)6-12(2-4-13)3-5-14/h13-14H,2-6H2,1H3. The molecule has 1 aromatic rings. The van der Waals surface area contributed by atoms with Crippen LogP contribution in [0.5, 0.6) is 0 Å². The van der Waals surface area contributed by atoms with E-state index in [-0.39, 0.29) is 13.2 Å². The average molecular weight is 201 g/mol. The van der Waals surface area contributed by atoms with Crippen LogP contribution in [0.1, 0.15) is 5.82 Å². The molecule has 14 heavy (non-hydrogen) atoms. The van der Waals surface area contributed by atoms with Gasteiger partial charge in [0, 0.05) is 13.1 Å². The van der Waals surface area contributed by atoms with Gasteiger partial charge in [-0.05, 0) is 5.21 Å². The molecule has 0 spiro atoms. The maximum Gasteiger partial charge on any atom is 0.188 e. The minimum Gasteiger partial charge on any atom is -0.395 e. The molecular weight excluding hydrogens is 186 g/mol. The summed E-state index contributed by atoms with van der Waals surface area (Å²) in [5.41, 5.74) is 0. The summed E-state index contributed by atoms with van der Waals surface area (Å²) in [7, 11) is 1.69. The van der Waals surface area contributed by atoms with Crippen LogP contribution in [-0.2, 0) is 13.6 Å². The van der Waals surface area contributed by atoms with Crippen molar-refractivity contribution in [2.45, 2.75) is 6.54 Å². The van der Waals surface area contributed by atoms with Gasteiger partial charge in [-0.3, -0.25) is 4.90 Å². The van der Waals surface area contributed by atoms with Crippen molar-refractivity contribution in [3.63, 3.8) is 0 Å². The van der Waals surface area contributed by atoms with Crippen LogP contribution in [0.3, 0.4) is 0 Å². The van der Waals surface area contributed by atoms with Crippen molar-refractivity contribution in [1.82, 2.24) is 25.1 Å². The van der Waals surface area contributed by atoms with Crippen molar-refractivity contribution in [3.05, 3.63) is 5.82 Å². The molecule has 0 saturated carbocycles. The first-order valence-corrected chi connectivity index (χ1v) is 4.43. The lowest BCUT2D eigenvalue weighted by atomic mass is 10.4. The second-order valence-electron chi connectivity index (χ2n) is 2.92. The first kappa shape index (κ1) is 11.0. The Balaban J connectivity index is 2.46. The zero-order valence-electron chi connectivity index (χ0n) is 8.17. The summed E-state index contributed by atoms with van der Waals surface area (Å²) in [5.74, 6) is 0.592. The molecule has 0 radical (unpaired) electrons. The molecule has 0 aliphatic rings. The summed E-state index contributed by atoms with van der Waals surface area (Å²) in [6, 6.07) is 0. The molecule has 0 saturated heterocycles. The highest BCUT2D eigenvalue weighted by Crippen LogP contribution is 1.95. The molecule has 0 bridgehead atoms. The molecule has 0 aromatic carbocycles. The van der Waals surface area contributed by atoms with Gasteiger partial charge in [-0.25, -0.2) is 0 Å². The number of nitrogens with zero attached hydrogens (tertiary/aromatic N) is 5. The van der Waals surface area contributed by atoms with E-state index in [0.717, 1.165) is 0 Å². The van der Waals surface area contributed by atoms with Gasteiger partial charge >= 0.3 is 0 Å². The van der Waals surface area contributed by atoms with Gasteiger partial charge < -0.3 is 10.2 Å². The highest BCUT2D eigenvalue weighted by Gasteiger charge is 2.08. The Bertz CT molecular complexity index is 258. The second-order valence-corrected chi connectivity index (χ2v) is 2.92. The zero-order chi connectivity index (χ0) is 10.4. The van der Waals surface area contributed by atoms with Crippen molar-refractivity contribution in [2.24, 2.45) is 7.05 Å². The van der Waals surface area contributed by atoms with E-state index in [9.17, 15) is 0 Å². The lowest BCUT2D eigenvalue weighted by Gasteiger charge is -2.17. The first-order chi connectivity index (χ1) is 6.76. The van der Waals surface area contributed by atoms with Crippen LogP contribution in [0.15, 0.2) is 0 Å². The quantitative estimate of drug-likeness (QED) is 0.553. The number of aryl methyl sites for hydroxylation is 1. The number of aliphatic hydroxyl groups is 2. The molecular formula is C7H15N5O2. The van der Waals surface area contributed by atoms with Gasteiger partial charge in [0.2, 0.25) is 0 Å². The lowest BCUT2D eigenvalue weighted by molar-refractivity contribution is 0.153. The largest absolute Gasteiger partial charge is 0.395 e. The van der Waals surface area contributed by atoms with E-state index in [0.29, 0.717) is 25.5 Å². The molecule has 7 heteroatoms. The number of tetrazole rings is 1. The van der Waals surface area contributed by atoms with Crippen molar-refractivity contribution < 1.29 is 10.2 Å². The molecule has 1 heterocycles. The maximum absolute atomic E-state index is 8.76. The van der Waals surface area contributed by atoms with Crippen LogP contribution in [0.25, 0.3) is 0 Å². The maximum atomic E-state index is 8.76. The van der Waals surface area contributed by atoms with E-state index in [4.69, 9.17) is 10.2 Å². The summed E-state index contributed by atoms with van der Waals surface area (Å²) < 4.78 is 0. The molecule has 2 N–H and O–H groups in total. The van der Waals surface area contributed by atoms with Crippen LogP contribution < -0.4 is 0 Å². The predicted molar refractivity (Wildman–Crippen MR) is 48.2 cm³/mol. The third kappa shape index (κ3) is 3.36. The highest BCUT2D eigenvalue weighted by molar-refractivity contribution is 4.76. The second kappa shape index (κ2) is 5.63. The fourth-order valence-electron chi connectivity index (χ4n) is 1.14. The van der Waals surface area contributed by atoms with Crippen LogP contribution in [0.4, 0.5) is 0 Å². The van der Waals surface area contributed by atoms with E-state index in [2.05, 4.69) is 15.4 Å². The Hall–Kier alpha value is -1.05. The summed E-state index contributed by atoms with van der Waals surface area (Å²) >= 11 is 0. The molecule has 1 rings (SSSR count). The molecule has 0 aliphatic heterocycles. The molecule has 0 fully saturated rings. The normalized spacial score (nSPS) is 11.1. The zero-order valence-corrected chi connectivity index (χ0v) is 8.17. The topological polar surface area (TPSA) is 87.3 Å². The predicted octanol–water partition coefficient (Wildman–Crippen LogP) is -2.00. The third-order valence-electron chi connectivity index (χ3n) is 1.75. The van der Waals surface area contributed by atoms with E-state index in [1.54, 1.807) is 7.05 Å². The molecule has 0 aliphatic carbocycles. The lowest BCUT2D eigenvalue weighted by Crippen LogP contribution is -2.29. The molecule has 7 nitrogen and oxygen atoms in total. The Labute approximate surface area is 82.0 Å². The van der Waals surface area contributed by atoms with E-state index >= 15 is 0 Å². The van der Waals surface area contributed by atoms with Crippen molar-refractivity contribution in [2.75, 3.05) is 26.3 Å². The monoisotopic (exact) mass is 201 g/mol. The number of aliphatic hydroxyl groups excluding tert-OH is 2. The van der Waals surface area contributed by atoms with Gasteiger partial charge in [0.05, 0.1) is 26.8 Å². The van der Waals surface area contributed by atoms with Crippen LogP contribution in [0.2, 0.25) is 0 Å². The SMILES string of the molecule is Cn1nnc(CN(CCO)CCO)n1. The Kier molecular flexibility index (Phi) is 4.44. The highest BCUT2D eigenvalue weighted by atomic mass is 16.3. The molecule has 0 unspecified atom stereocenters. The summed E-state index contributed by atoms with van der Waals surface area (Å²) in [6.45, 7) is 1.60. The average Bonchev–Trinajstić information content (AvgIpc) is 2.52. The van der Waals surface area contributed by atoms with E-state index in [1.165, 1.54) is 4.80 Å². The van der Waals surface area contributed by atoms with E-state index < -0.39 is 0 Å². The number of rotatable bonds is 6. The van der Waals surface area contributed by atoms with Gasteiger partial charge in [0.25, 0.3) is 0 Å². The smallest absolute Gasteiger partial charge is 0.188 e. The van der Waals surface area contributed by atoms with Crippen LogP contribution >= 0.6 is 0 Å². The third-order valence-corrected chi connectivity index (χ3v) is 1.75. The Morgan fingerprint density at radius 3 is 2.36 bits per heavy atom. The molecule has 0 amide bonds. The van der Waals surface area contributed by atoms with Gasteiger partial charge in [-0.2, -0.15) is 4.80 Å². The van der Waals surface area contributed by atoms with Gasteiger partial charge in [-0.15, -0.1) is 10.2 Å². The Morgan fingerprint density at radius 1 is 1.29 bits per heavy atom. The molecule has 1 aromatic heterocycles. The minimum absolute atomic E-state index is 0.0558. The van der Waals surface area contributed by atoms with Gasteiger partial charge in [0.1, 0.15) is 0 Å². The molecule has 80 valence electrons. The van der Waals surface area contributed by atoms with Crippen molar-refractivity contribution in [1.29, 1.82) is 0 Å². The van der Waals surface area contributed by atoms with Crippen LogP contribution in [-0.4, -0.2) is 61.6 Å². The summed E-state index contributed by atoms with van der Waals surface area (Å²) in [6.07, 6.45) is 0. The fraction of sp³-hybridized carbons (Fsp3) is 0.857. The number of hydrogen-bond acceptors (Lipinski definition) is 6. The van der Waals surface area contributed by atoms with Crippen molar-refractivity contribution in [3.8, 4) is 0 Å². The van der Waals surface area contributed by atoms with E-state index in [1.807, 2.05) is 4.90 Å². The minimum atomic E-state index is 0.0558. The number of aromatic nitrogens is 4. The molecule has 0 atom stereocenters. The van der Waals surface area contributed by atoms with Crippen molar-refractivity contribution >= 4 is 0 Å². The fourth-order valence-corrected chi connectivity index (χ4v) is 1.14.